The van der Waals surface area contributed by atoms with Gasteiger partial charge < -0.3 is 10.1 Å². The maximum atomic E-state index is 10.9. The quantitative estimate of drug-likeness (QED) is 0.594. The molecule has 0 heterocycles. The predicted octanol–water partition coefficient (Wildman–Crippen LogP) is 3.45. The number of ether oxygens (including phenoxy) is 1. The summed E-state index contributed by atoms with van der Waals surface area (Å²) in [6, 6.07) is 6.41. The Morgan fingerprint density at radius 2 is 1.94 bits per heavy atom. The Labute approximate surface area is 110 Å². The molecular formula is C15H23NO2. The summed E-state index contributed by atoms with van der Waals surface area (Å²) >= 11 is 0. The lowest BCUT2D eigenvalue weighted by Crippen LogP contribution is -2.03. The Morgan fingerprint density at radius 3 is 2.61 bits per heavy atom. The Kier molecular flexibility index (Phi) is 6.26. The zero-order chi connectivity index (χ0) is 13.4. The smallest absolute Gasteiger partial charge is 0.305 e. The van der Waals surface area contributed by atoms with Crippen molar-refractivity contribution >= 4 is 11.7 Å². The first-order valence-corrected chi connectivity index (χ1v) is 6.51. The van der Waals surface area contributed by atoms with Crippen molar-refractivity contribution in [1.82, 2.24) is 0 Å². The number of aryl methyl sites for hydroxylation is 2. The molecule has 3 heteroatoms. The van der Waals surface area contributed by atoms with Crippen LogP contribution < -0.4 is 5.32 Å². The van der Waals surface area contributed by atoms with Gasteiger partial charge in [0.25, 0.3) is 0 Å². The van der Waals surface area contributed by atoms with Crippen LogP contribution in [0.5, 0.6) is 0 Å². The van der Waals surface area contributed by atoms with E-state index in [0.29, 0.717) is 6.42 Å². The Balaban J connectivity index is 2.14. The highest BCUT2D eigenvalue weighted by molar-refractivity contribution is 5.68. The second-order valence-electron chi connectivity index (χ2n) is 4.61. The van der Waals surface area contributed by atoms with E-state index in [1.54, 1.807) is 0 Å². The fourth-order valence-corrected chi connectivity index (χ4v) is 1.76. The summed E-state index contributed by atoms with van der Waals surface area (Å²) in [6.07, 6.45) is 3.55. The van der Waals surface area contributed by atoms with Gasteiger partial charge in [-0.2, -0.15) is 0 Å². The lowest BCUT2D eigenvalue weighted by Gasteiger charge is -2.08. The fourth-order valence-electron chi connectivity index (χ4n) is 1.76. The second-order valence-corrected chi connectivity index (χ2v) is 4.61. The van der Waals surface area contributed by atoms with Crippen molar-refractivity contribution in [3.63, 3.8) is 0 Å². The van der Waals surface area contributed by atoms with E-state index >= 15 is 0 Å². The molecule has 0 amide bonds. The molecular weight excluding hydrogens is 226 g/mol. The number of esters is 1. The molecule has 1 aromatic rings. The van der Waals surface area contributed by atoms with Gasteiger partial charge in [0.1, 0.15) is 0 Å². The summed E-state index contributed by atoms with van der Waals surface area (Å²) in [5, 5.41) is 3.40. The molecule has 0 saturated heterocycles. The van der Waals surface area contributed by atoms with Gasteiger partial charge >= 0.3 is 5.97 Å². The molecule has 0 aromatic heterocycles. The Bertz CT molecular complexity index is 388. The highest BCUT2D eigenvalue weighted by Gasteiger charge is 1.99. The zero-order valence-corrected chi connectivity index (χ0v) is 11.6. The number of nitrogens with one attached hydrogen (secondary N) is 1. The minimum absolute atomic E-state index is 0.114. The van der Waals surface area contributed by atoms with Crippen molar-refractivity contribution in [2.45, 2.75) is 39.5 Å². The van der Waals surface area contributed by atoms with Gasteiger partial charge in [-0.25, -0.2) is 0 Å². The first-order chi connectivity index (χ1) is 8.63. The summed E-state index contributed by atoms with van der Waals surface area (Å²) in [5.41, 5.74) is 3.80. The molecule has 0 unspecified atom stereocenters. The Hall–Kier alpha value is -1.51. The third-order valence-electron chi connectivity index (χ3n) is 3.12. The third kappa shape index (κ3) is 5.21. The van der Waals surface area contributed by atoms with Gasteiger partial charge in [0.15, 0.2) is 0 Å². The van der Waals surface area contributed by atoms with Gasteiger partial charge in [0.2, 0.25) is 0 Å². The van der Waals surface area contributed by atoms with Crippen LogP contribution in [0.25, 0.3) is 0 Å². The number of methoxy groups -OCH3 is 1. The van der Waals surface area contributed by atoms with Gasteiger partial charge in [-0.05, 0) is 49.9 Å². The van der Waals surface area contributed by atoms with Crippen molar-refractivity contribution in [1.29, 1.82) is 0 Å². The fraction of sp³-hybridized carbons (Fsp3) is 0.533. The molecule has 100 valence electrons. The van der Waals surface area contributed by atoms with Crippen LogP contribution in [0.4, 0.5) is 5.69 Å². The molecule has 0 atom stereocenters. The van der Waals surface area contributed by atoms with E-state index in [-0.39, 0.29) is 5.97 Å². The first kappa shape index (κ1) is 14.6. The highest BCUT2D eigenvalue weighted by atomic mass is 16.5. The van der Waals surface area contributed by atoms with E-state index in [0.717, 1.165) is 25.8 Å². The number of carbonyl (C=O) groups is 1. The molecule has 0 bridgehead atoms. The van der Waals surface area contributed by atoms with Crippen LogP contribution in [-0.4, -0.2) is 19.6 Å². The van der Waals surface area contributed by atoms with E-state index in [1.807, 2.05) is 0 Å². The van der Waals surface area contributed by atoms with Crippen molar-refractivity contribution in [2.24, 2.45) is 0 Å². The lowest BCUT2D eigenvalue weighted by atomic mass is 10.1. The second kappa shape index (κ2) is 7.75. The van der Waals surface area contributed by atoms with Gasteiger partial charge in [0.05, 0.1) is 7.11 Å². The largest absolute Gasteiger partial charge is 0.469 e. The molecule has 18 heavy (non-hydrogen) atoms. The van der Waals surface area contributed by atoms with Crippen molar-refractivity contribution in [3.8, 4) is 0 Å². The van der Waals surface area contributed by atoms with E-state index < -0.39 is 0 Å². The average Bonchev–Trinajstić information content (AvgIpc) is 2.37. The number of benzene rings is 1. The molecule has 0 spiro atoms. The molecule has 0 aliphatic rings. The number of carbonyl (C=O) groups excluding carboxylic acids is 1. The van der Waals surface area contributed by atoms with Gasteiger partial charge in [-0.1, -0.05) is 12.5 Å². The molecule has 3 nitrogen and oxygen atoms in total. The summed E-state index contributed by atoms with van der Waals surface area (Å²) in [4.78, 5) is 10.9. The third-order valence-corrected chi connectivity index (χ3v) is 3.12. The summed E-state index contributed by atoms with van der Waals surface area (Å²) in [5.74, 6) is -0.114. The molecule has 0 saturated carbocycles. The van der Waals surface area contributed by atoms with Crippen LogP contribution in [0, 0.1) is 13.8 Å². The molecule has 1 N–H and O–H groups in total. The lowest BCUT2D eigenvalue weighted by molar-refractivity contribution is -0.140. The average molecular weight is 249 g/mol. The van der Waals surface area contributed by atoms with Crippen LogP contribution in [0.2, 0.25) is 0 Å². The summed E-state index contributed by atoms with van der Waals surface area (Å²) < 4.78 is 4.60. The van der Waals surface area contributed by atoms with Crippen LogP contribution in [0.15, 0.2) is 18.2 Å². The predicted molar refractivity (Wildman–Crippen MR) is 74.9 cm³/mol. The minimum atomic E-state index is -0.114. The number of anilines is 1. The van der Waals surface area contributed by atoms with Crippen molar-refractivity contribution in [2.75, 3.05) is 19.0 Å². The van der Waals surface area contributed by atoms with Crippen LogP contribution in [0.1, 0.15) is 36.8 Å². The van der Waals surface area contributed by atoms with E-state index in [2.05, 4.69) is 42.1 Å². The van der Waals surface area contributed by atoms with E-state index in [1.165, 1.54) is 23.9 Å². The Morgan fingerprint density at radius 1 is 1.17 bits per heavy atom. The highest BCUT2D eigenvalue weighted by Crippen LogP contribution is 2.14. The van der Waals surface area contributed by atoms with Crippen LogP contribution in [-0.2, 0) is 9.53 Å². The summed E-state index contributed by atoms with van der Waals surface area (Å²) in [6.45, 7) is 5.19. The SMILES string of the molecule is COC(=O)CCCCCNc1ccc(C)c(C)c1. The van der Waals surface area contributed by atoms with Crippen molar-refractivity contribution in [3.05, 3.63) is 29.3 Å². The van der Waals surface area contributed by atoms with E-state index in [9.17, 15) is 4.79 Å². The number of hydrogen-bond donors (Lipinski definition) is 1. The minimum Gasteiger partial charge on any atom is -0.469 e. The van der Waals surface area contributed by atoms with Crippen LogP contribution in [0.3, 0.4) is 0 Å². The normalized spacial score (nSPS) is 10.2. The molecule has 0 aliphatic carbocycles. The molecule has 1 rings (SSSR count). The van der Waals surface area contributed by atoms with Crippen LogP contribution >= 0.6 is 0 Å². The number of rotatable bonds is 7. The standard InChI is InChI=1S/C15H23NO2/c1-12-8-9-14(11-13(12)2)16-10-6-4-5-7-15(17)18-3/h8-9,11,16H,4-7,10H2,1-3H3. The maximum Gasteiger partial charge on any atom is 0.305 e. The number of hydrogen-bond acceptors (Lipinski definition) is 3. The molecule has 1 aromatic carbocycles. The molecule has 0 fully saturated rings. The van der Waals surface area contributed by atoms with Gasteiger partial charge in [-0.3, -0.25) is 4.79 Å². The summed E-state index contributed by atoms with van der Waals surface area (Å²) in [7, 11) is 1.43. The molecule has 0 aliphatic heterocycles. The number of unbranched alkanes of at least 4 members (excludes halogenated alkanes) is 2. The molecule has 0 radical (unpaired) electrons. The van der Waals surface area contributed by atoms with E-state index in [4.69, 9.17) is 0 Å². The van der Waals surface area contributed by atoms with Crippen molar-refractivity contribution < 1.29 is 9.53 Å². The monoisotopic (exact) mass is 249 g/mol. The first-order valence-electron chi connectivity index (χ1n) is 6.51. The maximum absolute atomic E-state index is 10.9. The topological polar surface area (TPSA) is 38.3 Å². The van der Waals surface area contributed by atoms with Gasteiger partial charge in [0, 0.05) is 18.7 Å². The zero-order valence-electron chi connectivity index (χ0n) is 11.6. The van der Waals surface area contributed by atoms with Gasteiger partial charge in [-0.15, -0.1) is 0 Å².